The van der Waals surface area contributed by atoms with Crippen LogP contribution >= 0.6 is 0 Å². The smallest absolute Gasteiger partial charge is 0.300 e. The Morgan fingerprint density at radius 3 is 1.82 bits per heavy atom. The largest absolute Gasteiger partial charge is 0.455 e. The number of hydroxylamine groups is 4. The van der Waals surface area contributed by atoms with Crippen LogP contribution in [0.4, 0.5) is 0 Å². The Hall–Kier alpha value is 0.234. The number of rotatable bonds is 5. The summed E-state index contributed by atoms with van der Waals surface area (Å²) in [5.41, 5.74) is 0. The number of nitrogens with zero attached hydrogens (tertiary/aromatic N) is 3. The lowest BCUT2D eigenvalue weighted by atomic mass is 10.5. The van der Waals surface area contributed by atoms with Crippen molar-refractivity contribution in [1.29, 1.82) is 0 Å². The van der Waals surface area contributed by atoms with Gasteiger partial charge in [0.1, 0.15) is 8.24 Å². The third-order valence-corrected chi connectivity index (χ3v) is 11.0. The first kappa shape index (κ1) is 15.3. The van der Waals surface area contributed by atoms with E-state index in [2.05, 4.69) is 23.9 Å². The van der Waals surface area contributed by atoms with Gasteiger partial charge in [0.25, 0.3) is 0 Å². The molecule has 0 atom stereocenters. The summed E-state index contributed by atoms with van der Waals surface area (Å²) in [5, 5.41) is 3.60. The molecule has 0 amide bonds. The van der Waals surface area contributed by atoms with Gasteiger partial charge >= 0.3 is 8.72 Å². The summed E-state index contributed by atoms with van der Waals surface area (Å²) in [6, 6.07) is 1.05. The second-order valence-corrected chi connectivity index (χ2v) is 14.1. The van der Waals surface area contributed by atoms with Crippen LogP contribution in [0.1, 0.15) is 6.42 Å². The lowest BCUT2D eigenvalue weighted by Gasteiger charge is -2.43. The number of hydrogen-bond acceptors (Lipinski definition) is 5. The van der Waals surface area contributed by atoms with Crippen molar-refractivity contribution in [3.63, 3.8) is 0 Å². The maximum atomic E-state index is 6.12. The molecule has 1 saturated heterocycles. The minimum atomic E-state index is -2.28. The molecule has 7 heteroatoms. The average molecular weight is 278 g/mol. The summed E-state index contributed by atoms with van der Waals surface area (Å²) in [6.45, 7) is 8.19. The first-order valence-corrected chi connectivity index (χ1v) is 11.6. The summed E-state index contributed by atoms with van der Waals surface area (Å²) < 4.78 is 14.8. The van der Waals surface area contributed by atoms with Crippen LogP contribution < -0.4 is 0 Å². The molecule has 1 fully saturated rings. The van der Waals surface area contributed by atoms with Crippen LogP contribution in [0.2, 0.25) is 25.7 Å². The molecule has 0 aromatic carbocycles. The Labute approximate surface area is 108 Å². The van der Waals surface area contributed by atoms with E-state index < -0.39 is 17.0 Å². The van der Waals surface area contributed by atoms with E-state index >= 15 is 0 Å². The topological polar surface area (TPSA) is 28.2 Å². The fourth-order valence-electron chi connectivity index (χ4n) is 2.39. The van der Waals surface area contributed by atoms with E-state index in [4.69, 9.17) is 9.05 Å². The minimum absolute atomic E-state index is 1.05. The predicted octanol–water partition coefficient (Wildman–Crippen LogP) is 1.45. The van der Waals surface area contributed by atoms with Gasteiger partial charge in [0.15, 0.2) is 0 Å². The molecule has 1 aliphatic rings. The average Bonchev–Trinajstić information content (AvgIpc) is 2.43. The Balaban J connectivity index is 2.94. The monoisotopic (exact) mass is 277 g/mol. The van der Waals surface area contributed by atoms with Gasteiger partial charge in [-0.25, -0.2) is 10.1 Å². The normalized spacial score (nSPS) is 21.7. The molecular formula is C10H27N3O2Si2. The fraction of sp³-hybridized carbons (Fsp3) is 1.00. The van der Waals surface area contributed by atoms with E-state index in [1.807, 2.05) is 28.2 Å². The highest BCUT2D eigenvalue weighted by Crippen LogP contribution is 2.33. The summed E-state index contributed by atoms with van der Waals surface area (Å²) >= 11 is 0. The Morgan fingerprint density at radius 2 is 1.47 bits per heavy atom. The van der Waals surface area contributed by atoms with Crippen molar-refractivity contribution in [3.8, 4) is 0 Å². The van der Waals surface area contributed by atoms with E-state index in [-0.39, 0.29) is 0 Å². The van der Waals surface area contributed by atoms with Crippen LogP contribution in [0.3, 0.4) is 0 Å². The van der Waals surface area contributed by atoms with Gasteiger partial charge in [-0.2, -0.15) is 0 Å². The zero-order valence-corrected chi connectivity index (χ0v) is 14.3. The van der Waals surface area contributed by atoms with Gasteiger partial charge < -0.3 is 4.23 Å². The van der Waals surface area contributed by atoms with E-state index in [1.54, 1.807) is 10.1 Å². The molecule has 1 rings (SSSR count). The van der Waals surface area contributed by atoms with Crippen molar-refractivity contribution in [2.45, 2.75) is 32.1 Å². The van der Waals surface area contributed by atoms with Crippen LogP contribution in [0.25, 0.3) is 0 Å². The Kier molecular flexibility index (Phi) is 4.92. The second kappa shape index (κ2) is 5.47. The van der Waals surface area contributed by atoms with Crippen molar-refractivity contribution < 1.29 is 9.05 Å². The molecule has 0 N–H and O–H groups in total. The second-order valence-electron chi connectivity index (χ2n) is 5.95. The molecule has 1 aliphatic heterocycles. The molecule has 0 aromatic rings. The van der Waals surface area contributed by atoms with E-state index in [1.165, 1.54) is 6.42 Å². The van der Waals surface area contributed by atoms with Gasteiger partial charge in [0, 0.05) is 34.2 Å². The van der Waals surface area contributed by atoms with E-state index in [0.717, 1.165) is 12.6 Å². The summed E-state index contributed by atoms with van der Waals surface area (Å²) in [5.74, 6) is 0. The maximum absolute atomic E-state index is 6.12. The van der Waals surface area contributed by atoms with Crippen molar-refractivity contribution >= 4 is 17.0 Å². The van der Waals surface area contributed by atoms with Gasteiger partial charge in [0.05, 0.1) is 0 Å². The lowest BCUT2D eigenvalue weighted by molar-refractivity contribution is -0.120. The highest BCUT2D eigenvalue weighted by atomic mass is 28.4. The molecule has 1 heterocycles. The summed E-state index contributed by atoms with van der Waals surface area (Å²) in [4.78, 5) is 0. The molecule has 0 aliphatic carbocycles. The van der Waals surface area contributed by atoms with Crippen LogP contribution in [0.15, 0.2) is 0 Å². The van der Waals surface area contributed by atoms with Gasteiger partial charge in [-0.15, -0.1) is 0 Å². The molecule has 0 bridgehead atoms. The van der Waals surface area contributed by atoms with Crippen LogP contribution in [0.5, 0.6) is 0 Å². The van der Waals surface area contributed by atoms with Crippen LogP contribution in [-0.2, 0) is 9.05 Å². The molecular weight excluding hydrogens is 250 g/mol. The van der Waals surface area contributed by atoms with E-state index in [0.29, 0.717) is 0 Å². The zero-order chi connectivity index (χ0) is 13.3. The van der Waals surface area contributed by atoms with Crippen LogP contribution in [0, 0.1) is 0 Å². The number of hydrogen-bond donors (Lipinski definition) is 0. The lowest BCUT2D eigenvalue weighted by Crippen LogP contribution is -2.66. The van der Waals surface area contributed by atoms with Crippen molar-refractivity contribution in [2.24, 2.45) is 0 Å². The molecule has 0 aromatic heterocycles. The van der Waals surface area contributed by atoms with Gasteiger partial charge in [-0.1, -0.05) is 19.6 Å². The fourth-order valence-corrected chi connectivity index (χ4v) is 10.8. The Bertz CT molecular complexity index is 246. The third-order valence-electron chi connectivity index (χ3n) is 2.75. The first-order valence-electron chi connectivity index (χ1n) is 6.18. The Morgan fingerprint density at radius 1 is 1.00 bits per heavy atom. The van der Waals surface area contributed by atoms with E-state index in [9.17, 15) is 0 Å². The molecule has 5 nitrogen and oxygen atoms in total. The summed E-state index contributed by atoms with van der Waals surface area (Å²) in [7, 11) is 4.08. The highest BCUT2D eigenvalue weighted by Gasteiger charge is 2.55. The molecule has 17 heavy (non-hydrogen) atoms. The SMILES string of the molecule is CN(C)O[Si]1(ON(C)C)CCCN1[Si](C)(C)C. The molecule has 0 unspecified atom stereocenters. The molecule has 0 saturated carbocycles. The van der Waals surface area contributed by atoms with Gasteiger partial charge in [-0.3, -0.25) is 9.05 Å². The third kappa shape index (κ3) is 3.85. The van der Waals surface area contributed by atoms with Gasteiger partial charge in [-0.05, 0) is 13.0 Å². The maximum Gasteiger partial charge on any atom is 0.455 e. The standard InChI is InChI=1S/C10H27N3O2Si2/c1-11(2)14-17(15-12(3)4)10-8-9-13(17)16(5,6)7/h8-10H2,1-7H3. The predicted molar refractivity (Wildman–Crippen MR) is 74.8 cm³/mol. The van der Waals surface area contributed by atoms with Crippen molar-refractivity contribution in [2.75, 3.05) is 34.7 Å². The van der Waals surface area contributed by atoms with Gasteiger partial charge in [0.2, 0.25) is 0 Å². The van der Waals surface area contributed by atoms with Crippen molar-refractivity contribution in [1.82, 2.24) is 14.4 Å². The summed E-state index contributed by atoms with van der Waals surface area (Å²) in [6.07, 6.45) is 1.18. The molecule has 102 valence electrons. The first-order chi connectivity index (χ1) is 7.67. The molecule has 0 spiro atoms. The zero-order valence-electron chi connectivity index (χ0n) is 12.3. The van der Waals surface area contributed by atoms with Crippen molar-refractivity contribution in [3.05, 3.63) is 0 Å². The highest BCUT2D eigenvalue weighted by molar-refractivity contribution is 6.86. The quantitative estimate of drug-likeness (QED) is 0.560. The minimum Gasteiger partial charge on any atom is -0.300 e. The van der Waals surface area contributed by atoms with Crippen LogP contribution in [-0.4, -0.2) is 66.1 Å². The molecule has 0 radical (unpaired) electrons.